The first kappa shape index (κ1) is 22.0. The highest BCUT2D eigenvalue weighted by Crippen LogP contribution is 2.23. The van der Waals surface area contributed by atoms with Crippen molar-refractivity contribution in [2.45, 2.75) is 25.3 Å². The van der Waals surface area contributed by atoms with E-state index in [1.807, 2.05) is 18.3 Å². The lowest BCUT2D eigenvalue weighted by Crippen LogP contribution is -2.26. The van der Waals surface area contributed by atoms with Gasteiger partial charge in [0.1, 0.15) is 0 Å². The molecule has 1 amide bonds. The lowest BCUT2D eigenvalue weighted by molar-refractivity contribution is 0.0950. The van der Waals surface area contributed by atoms with Crippen LogP contribution < -0.4 is 5.32 Å². The van der Waals surface area contributed by atoms with Crippen molar-refractivity contribution < 1.29 is 13.2 Å². The molecule has 30 heavy (non-hydrogen) atoms. The van der Waals surface area contributed by atoms with Crippen molar-refractivity contribution in [2.24, 2.45) is 0 Å². The minimum Gasteiger partial charge on any atom is -0.348 e. The lowest BCUT2D eigenvalue weighted by Gasteiger charge is -2.16. The number of nitrogens with one attached hydrogen (secondary N) is 1. The van der Waals surface area contributed by atoms with Crippen molar-refractivity contribution >= 4 is 27.5 Å². The minimum atomic E-state index is -3.65. The average molecular weight is 447 g/mol. The first-order valence-electron chi connectivity index (χ1n) is 9.21. The number of benzene rings is 2. The molecule has 1 N–H and O–H groups in total. The van der Waals surface area contributed by atoms with Gasteiger partial charge in [-0.2, -0.15) is 5.10 Å². The fourth-order valence-corrected chi connectivity index (χ4v) is 4.24. The minimum absolute atomic E-state index is 0.133. The van der Waals surface area contributed by atoms with Gasteiger partial charge in [-0.25, -0.2) is 17.4 Å². The molecular formula is C21H23ClN4O3S. The Balaban J connectivity index is 1.77. The van der Waals surface area contributed by atoms with Crippen LogP contribution in [0.5, 0.6) is 0 Å². The van der Waals surface area contributed by atoms with Crippen molar-refractivity contribution in [3.05, 3.63) is 76.1 Å². The second-order valence-electron chi connectivity index (χ2n) is 7.16. The van der Waals surface area contributed by atoms with E-state index < -0.39 is 10.0 Å². The summed E-state index contributed by atoms with van der Waals surface area (Å²) < 4.78 is 28.0. The van der Waals surface area contributed by atoms with Gasteiger partial charge in [-0.15, -0.1) is 0 Å². The van der Waals surface area contributed by atoms with E-state index in [-0.39, 0.29) is 17.3 Å². The van der Waals surface area contributed by atoms with Gasteiger partial charge >= 0.3 is 0 Å². The van der Waals surface area contributed by atoms with Gasteiger partial charge in [0.05, 0.1) is 16.8 Å². The summed E-state index contributed by atoms with van der Waals surface area (Å²) in [5, 5.41) is 7.76. The number of hydrogen-bond acceptors (Lipinski definition) is 4. The number of hydrogen-bond donors (Lipinski definition) is 1. The predicted octanol–water partition coefficient (Wildman–Crippen LogP) is 3.32. The third kappa shape index (κ3) is 4.56. The van der Waals surface area contributed by atoms with E-state index in [9.17, 15) is 13.2 Å². The molecule has 0 radical (unpaired) electrons. The monoisotopic (exact) mass is 446 g/mol. The number of amides is 1. The van der Waals surface area contributed by atoms with E-state index in [1.54, 1.807) is 42.9 Å². The third-order valence-electron chi connectivity index (χ3n) is 4.82. The molecule has 0 saturated heterocycles. The third-order valence-corrected chi connectivity index (χ3v) is 7.01. The van der Waals surface area contributed by atoms with Gasteiger partial charge in [-0.3, -0.25) is 4.79 Å². The Labute approximate surface area is 181 Å². The summed E-state index contributed by atoms with van der Waals surface area (Å²) in [6, 6.07) is 10.4. The van der Waals surface area contributed by atoms with Crippen LogP contribution in [0.4, 0.5) is 0 Å². The zero-order valence-corrected chi connectivity index (χ0v) is 18.8. The van der Waals surface area contributed by atoms with Crippen LogP contribution in [0.3, 0.4) is 0 Å². The highest BCUT2D eigenvalue weighted by molar-refractivity contribution is 7.89. The Morgan fingerprint density at radius 1 is 1.17 bits per heavy atom. The Kier molecular flexibility index (Phi) is 6.30. The molecule has 1 heterocycles. The first-order chi connectivity index (χ1) is 14.1. The zero-order valence-electron chi connectivity index (χ0n) is 17.2. The maximum atomic E-state index is 12.7. The van der Waals surface area contributed by atoms with Crippen LogP contribution in [0.2, 0.25) is 5.02 Å². The molecule has 0 fully saturated rings. The Hall–Kier alpha value is -2.68. The number of nitrogens with zero attached hydrogens (tertiary/aromatic N) is 3. The molecular weight excluding hydrogens is 424 g/mol. The molecule has 158 valence electrons. The second kappa shape index (κ2) is 8.59. The largest absolute Gasteiger partial charge is 0.348 e. The summed E-state index contributed by atoms with van der Waals surface area (Å²) in [6.07, 6.45) is 3.48. The molecule has 0 aliphatic heterocycles. The zero-order chi connectivity index (χ0) is 22.1. The maximum absolute atomic E-state index is 12.7. The van der Waals surface area contributed by atoms with Gasteiger partial charge < -0.3 is 5.32 Å². The molecule has 9 heteroatoms. The molecule has 0 bridgehead atoms. The smallest absolute Gasteiger partial charge is 0.251 e. The Morgan fingerprint density at radius 3 is 2.47 bits per heavy atom. The van der Waals surface area contributed by atoms with Crippen molar-refractivity contribution in [1.82, 2.24) is 19.4 Å². The van der Waals surface area contributed by atoms with Crippen LogP contribution in [0.15, 0.2) is 53.7 Å². The van der Waals surface area contributed by atoms with Gasteiger partial charge in [0, 0.05) is 43.0 Å². The van der Waals surface area contributed by atoms with Gasteiger partial charge in [-0.05, 0) is 61.4 Å². The van der Waals surface area contributed by atoms with Gasteiger partial charge in [0.2, 0.25) is 10.0 Å². The number of sulfonamides is 1. The van der Waals surface area contributed by atoms with E-state index in [1.165, 1.54) is 20.2 Å². The van der Waals surface area contributed by atoms with Crippen LogP contribution in [0, 0.1) is 13.8 Å². The summed E-state index contributed by atoms with van der Waals surface area (Å²) in [5.41, 5.74) is 3.32. The maximum Gasteiger partial charge on any atom is 0.251 e. The quantitative estimate of drug-likeness (QED) is 0.629. The molecule has 0 aliphatic rings. The van der Waals surface area contributed by atoms with Crippen molar-refractivity contribution in [1.29, 1.82) is 0 Å². The number of halogens is 1. The molecule has 0 unspecified atom stereocenters. The summed E-state index contributed by atoms with van der Waals surface area (Å²) in [5.74, 6) is -0.354. The van der Waals surface area contributed by atoms with Crippen molar-refractivity contribution in [2.75, 3.05) is 14.1 Å². The van der Waals surface area contributed by atoms with E-state index in [0.717, 1.165) is 21.1 Å². The summed E-state index contributed by atoms with van der Waals surface area (Å²) >= 11 is 5.91. The van der Waals surface area contributed by atoms with Crippen LogP contribution in [0.25, 0.3) is 5.69 Å². The Morgan fingerprint density at radius 2 is 1.83 bits per heavy atom. The van der Waals surface area contributed by atoms with E-state index in [0.29, 0.717) is 16.1 Å². The summed E-state index contributed by atoms with van der Waals surface area (Å²) in [6.45, 7) is 3.78. The fraction of sp³-hybridized carbons (Fsp3) is 0.238. The fourth-order valence-electron chi connectivity index (χ4n) is 2.89. The summed E-state index contributed by atoms with van der Waals surface area (Å²) in [4.78, 5) is 12.8. The highest BCUT2D eigenvalue weighted by atomic mass is 35.5. The van der Waals surface area contributed by atoms with E-state index in [4.69, 9.17) is 11.6 Å². The molecule has 0 saturated carbocycles. The van der Waals surface area contributed by atoms with Crippen LogP contribution in [-0.2, 0) is 16.6 Å². The summed E-state index contributed by atoms with van der Waals surface area (Å²) in [7, 11) is -0.718. The van der Waals surface area contributed by atoms with Gasteiger partial charge in [0.25, 0.3) is 5.91 Å². The van der Waals surface area contributed by atoms with Crippen LogP contribution in [0.1, 0.15) is 27.0 Å². The molecule has 1 aromatic heterocycles. The average Bonchev–Trinajstić information content (AvgIpc) is 3.17. The normalized spacial score (nSPS) is 11.7. The molecule has 3 rings (SSSR count). The van der Waals surface area contributed by atoms with Gasteiger partial charge in [-0.1, -0.05) is 11.6 Å². The SMILES string of the molecule is Cc1cc(C(=O)NCc2cnn(-c3ccc(Cl)cc3)c2)cc(S(=O)(=O)N(C)C)c1C. The Bertz CT molecular complexity index is 1190. The number of carbonyl (C=O) groups is 1. The van der Waals surface area contributed by atoms with E-state index in [2.05, 4.69) is 10.4 Å². The topological polar surface area (TPSA) is 84.3 Å². The molecule has 7 nitrogen and oxygen atoms in total. The van der Waals surface area contributed by atoms with Crippen LogP contribution in [-0.4, -0.2) is 42.5 Å². The van der Waals surface area contributed by atoms with Crippen molar-refractivity contribution in [3.8, 4) is 5.69 Å². The van der Waals surface area contributed by atoms with Gasteiger partial charge in [0.15, 0.2) is 0 Å². The number of carbonyl (C=O) groups excluding carboxylic acids is 1. The number of aromatic nitrogens is 2. The number of aryl methyl sites for hydroxylation is 1. The molecule has 0 aliphatic carbocycles. The highest BCUT2D eigenvalue weighted by Gasteiger charge is 2.23. The molecule has 2 aromatic carbocycles. The number of rotatable bonds is 6. The van der Waals surface area contributed by atoms with Crippen LogP contribution >= 0.6 is 11.6 Å². The molecule has 0 spiro atoms. The predicted molar refractivity (Wildman–Crippen MR) is 117 cm³/mol. The first-order valence-corrected chi connectivity index (χ1v) is 11.0. The second-order valence-corrected chi connectivity index (χ2v) is 9.71. The molecule has 0 atom stereocenters. The van der Waals surface area contributed by atoms with E-state index >= 15 is 0 Å². The molecule has 3 aromatic rings. The lowest BCUT2D eigenvalue weighted by atomic mass is 10.1. The standard InChI is InChI=1S/C21H23ClN4O3S/c1-14-9-17(10-20(15(14)2)30(28,29)25(3)4)21(27)23-11-16-12-24-26(13-16)19-7-5-18(22)6-8-19/h5-10,12-13H,11H2,1-4H3,(H,23,27). The van der Waals surface area contributed by atoms with Crippen molar-refractivity contribution in [3.63, 3.8) is 0 Å².